The molecular weight excluding hydrogens is 426 g/mol. The van der Waals surface area contributed by atoms with E-state index in [0.717, 1.165) is 11.1 Å². The fraction of sp³-hybridized carbons (Fsp3) is 0.154. The van der Waals surface area contributed by atoms with Crippen LogP contribution in [-0.2, 0) is 9.59 Å². The van der Waals surface area contributed by atoms with E-state index in [0.29, 0.717) is 17.0 Å². The number of ketones is 1. The van der Waals surface area contributed by atoms with Crippen LogP contribution < -0.4 is 9.64 Å². The first kappa shape index (κ1) is 21.7. The molecular formula is C26H22ClNO4. The molecule has 1 fully saturated rings. The predicted octanol–water partition coefficient (Wildman–Crippen LogP) is 5.59. The van der Waals surface area contributed by atoms with Gasteiger partial charge in [0, 0.05) is 11.3 Å². The zero-order valence-electron chi connectivity index (χ0n) is 17.9. The highest BCUT2D eigenvalue weighted by Crippen LogP contribution is 2.43. The maximum atomic E-state index is 13.2. The van der Waals surface area contributed by atoms with Gasteiger partial charge in [0.1, 0.15) is 11.5 Å². The highest BCUT2D eigenvalue weighted by atomic mass is 35.5. The van der Waals surface area contributed by atoms with Crippen molar-refractivity contribution in [3.8, 4) is 5.75 Å². The summed E-state index contributed by atoms with van der Waals surface area (Å²) in [7, 11) is 1.50. The van der Waals surface area contributed by atoms with Gasteiger partial charge in [0.15, 0.2) is 0 Å². The number of ether oxygens (including phenoxy) is 1. The number of methoxy groups -OCH3 is 1. The number of aryl methyl sites for hydroxylation is 2. The molecule has 1 N–H and O–H groups in total. The molecule has 1 atom stereocenters. The summed E-state index contributed by atoms with van der Waals surface area (Å²) in [5.41, 5.74) is 3.43. The first-order valence-electron chi connectivity index (χ1n) is 10.1. The first-order valence-corrected chi connectivity index (χ1v) is 10.5. The molecule has 0 bridgehead atoms. The molecule has 0 radical (unpaired) electrons. The molecule has 0 saturated carbocycles. The summed E-state index contributed by atoms with van der Waals surface area (Å²) in [6, 6.07) is 18.8. The van der Waals surface area contributed by atoms with Gasteiger partial charge in [-0.1, -0.05) is 48.0 Å². The number of benzene rings is 3. The summed E-state index contributed by atoms with van der Waals surface area (Å²) < 4.78 is 5.24. The Hall–Kier alpha value is -3.57. The van der Waals surface area contributed by atoms with Gasteiger partial charge in [-0.2, -0.15) is 0 Å². The Morgan fingerprint density at radius 3 is 2.25 bits per heavy atom. The summed E-state index contributed by atoms with van der Waals surface area (Å²) in [6.07, 6.45) is 0. The normalized spacial score (nSPS) is 17.6. The van der Waals surface area contributed by atoms with Crippen LogP contribution in [0.3, 0.4) is 0 Å². The molecule has 3 aromatic carbocycles. The van der Waals surface area contributed by atoms with Crippen LogP contribution in [-0.4, -0.2) is 23.9 Å². The average Bonchev–Trinajstić information content (AvgIpc) is 3.04. The third kappa shape index (κ3) is 3.76. The third-order valence-electron chi connectivity index (χ3n) is 5.47. The van der Waals surface area contributed by atoms with E-state index < -0.39 is 17.7 Å². The van der Waals surface area contributed by atoms with E-state index in [1.165, 1.54) is 12.0 Å². The molecule has 5 nitrogen and oxygen atoms in total. The quantitative estimate of drug-likeness (QED) is 0.321. The number of hydrogen-bond acceptors (Lipinski definition) is 4. The van der Waals surface area contributed by atoms with Crippen molar-refractivity contribution in [1.29, 1.82) is 0 Å². The largest absolute Gasteiger partial charge is 0.507 e. The molecule has 1 heterocycles. The fourth-order valence-electron chi connectivity index (χ4n) is 4.10. The second-order valence-electron chi connectivity index (χ2n) is 7.77. The average molecular weight is 448 g/mol. The molecule has 4 rings (SSSR count). The Balaban J connectivity index is 1.99. The van der Waals surface area contributed by atoms with E-state index in [1.807, 2.05) is 62.4 Å². The maximum Gasteiger partial charge on any atom is 0.300 e. The zero-order valence-corrected chi connectivity index (χ0v) is 18.7. The van der Waals surface area contributed by atoms with Gasteiger partial charge >= 0.3 is 0 Å². The van der Waals surface area contributed by atoms with Crippen LogP contribution in [0.25, 0.3) is 5.76 Å². The Morgan fingerprint density at radius 1 is 0.969 bits per heavy atom. The monoisotopic (exact) mass is 447 g/mol. The molecule has 0 spiro atoms. The van der Waals surface area contributed by atoms with Crippen molar-refractivity contribution in [2.24, 2.45) is 0 Å². The van der Waals surface area contributed by atoms with Crippen LogP contribution in [0.15, 0.2) is 72.3 Å². The van der Waals surface area contributed by atoms with E-state index in [4.69, 9.17) is 16.3 Å². The van der Waals surface area contributed by atoms with Gasteiger partial charge < -0.3 is 9.84 Å². The van der Waals surface area contributed by atoms with Crippen molar-refractivity contribution >= 4 is 34.7 Å². The van der Waals surface area contributed by atoms with Crippen LogP contribution in [0.5, 0.6) is 5.75 Å². The maximum absolute atomic E-state index is 13.2. The molecule has 1 amide bonds. The van der Waals surface area contributed by atoms with Crippen molar-refractivity contribution in [2.45, 2.75) is 19.9 Å². The number of carbonyl (C=O) groups is 2. The number of Topliss-reactive ketones (excluding diaryl/α,β-unsaturated/α-hetero) is 1. The Kier molecular flexibility index (Phi) is 5.76. The van der Waals surface area contributed by atoms with Gasteiger partial charge in [-0.15, -0.1) is 0 Å². The summed E-state index contributed by atoms with van der Waals surface area (Å²) in [4.78, 5) is 27.9. The number of rotatable bonds is 4. The Morgan fingerprint density at radius 2 is 1.62 bits per heavy atom. The smallest absolute Gasteiger partial charge is 0.300 e. The van der Waals surface area contributed by atoms with Crippen LogP contribution in [0.1, 0.15) is 28.3 Å². The first-order chi connectivity index (χ1) is 15.3. The number of halogens is 1. The summed E-state index contributed by atoms with van der Waals surface area (Å²) in [5, 5.41) is 11.5. The Bertz CT molecular complexity index is 1230. The molecule has 162 valence electrons. The lowest BCUT2D eigenvalue weighted by atomic mass is 9.95. The molecule has 1 saturated heterocycles. The highest BCUT2D eigenvalue weighted by molar-refractivity contribution is 6.52. The standard InChI is InChI=1S/C26H22ClNO4/c1-15-11-16(2)13-18(12-15)28-23(17-7-5-4-6-8-17)22(25(30)26(28)31)24(29)20-14-19(32-3)9-10-21(20)27/h4-14,23,29H,1-3H3/b24-22+. The SMILES string of the molecule is COc1ccc(Cl)c(/C(O)=C2\C(=O)C(=O)N(c3cc(C)cc(C)c3)C2c2ccccc2)c1. The number of aliphatic hydroxyl groups is 1. The van der Waals surface area contributed by atoms with Crippen LogP contribution in [0, 0.1) is 13.8 Å². The van der Waals surface area contributed by atoms with Gasteiger partial charge in [-0.25, -0.2) is 0 Å². The number of anilines is 1. The third-order valence-corrected chi connectivity index (χ3v) is 5.80. The molecule has 1 aliphatic heterocycles. The van der Waals surface area contributed by atoms with Crippen molar-refractivity contribution in [2.75, 3.05) is 12.0 Å². The van der Waals surface area contributed by atoms with E-state index >= 15 is 0 Å². The van der Waals surface area contributed by atoms with Gasteiger partial charge in [0.05, 0.1) is 23.7 Å². The summed E-state index contributed by atoms with van der Waals surface area (Å²) in [6.45, 7) is 3.86. The van der Waals surface area contributed by atoms with Gasteiger partial charge in [0.25, 0.3) is 11.7 Å². The topological polar surface area (TPSA) is 66.8 Å². The van der Waals surface area contributed by atoms with Crippen molar-refractivity contribution in [3.05, 3.63) is 99.6 Å². The van der Waals surface area contributed by atoms with E-state index in [2.05, 4.69) is 0 Å². The van der Waals surface area contributed by atoms with Crippen molar-refractivity contribution < 1.29 is 19.4 Å². The minimum Gasteiger partial charge on any atom is -0.507 e. The van der Waals surface area contributed by atoms with E-state index in [-0.39, 0.29) is 21.9 Å². The van der Waals surface area contributed by atoms with Gasteiger partial charge in [-0.3, -0.25) is 14.5 Å². The molecule has 0 aliphatic carbocycles. The molecule has 1 aliphatic rings. The molecule has 3 aromatic rings. The lowest BCUT2D eigenvalue weighted by molar-refractivity contribution is -0.132. The summed E-state index contributed by atoms with van der Waals surface area (Å²) in [5.74, 6) is -1.34. The number of aliphatic hydroxyl groups excluding tert-OH is 1. The molecule has 1 unspecified atom stereocenters. The predicted molar refractivity (Wildman–Crippen MR) is 125 cm³/mol. The Labute approximate surface area is 191 Å². The number of hydrogen-bond donors (Lipinski definition) is 1. The minimum atomic E-state index is -0.806. The zero-order chi connectivity index (χ0) is 23.0. The van der Waals surface area contributed by atoms with Crippen molar-refractivity contribution in [1.82, 2.24) is 0 Å². The fourth-order valence-corrected chi connectivity index (χ4v) is 4.30. The second-order valence-corrected chi connectivity index (χ2v) is 8.18. The van der Waals surface area contributed by atoms with Gasteiger partial charge in [-0.05, 0) is 60.9 Å². The number of amides is 1. The molecule has 6 heteroatoms. The van der Waals surface area contributed by atoms with Crippen LogP contribution in [0.2, 0.25) is 5.02 Å². The number of nitrogens with zero attached hydrogens (tertiary/aromatic N) is 1. The van der Waals surface area contributed by atoms with E-state index in [1.54, 1.807) is 18.2 Å². The van der Waals surface area contributed by atoms with Gasteiger partial charge in [0.2, 0.25) is 0 Å². The molecule has 0 aromatic heterocycles. The lowest BCUT2D eigenvalue weighted by Gasteiger charge is -2.26. The lowest BCUT2D eigenvalue weighted by Crippen LogP contribution is -2.29. The minimum absolute atomic E-state index is 0.0180. The van der Waals surface area contributed by atoms with Crippen molar-refractivity contribution in [3.63, 3.8) is 0 Å². The number of carbonyl (C=O) groups excluding carboxylic acids is 2. The highest BCUT2D eigenvalue weighted by Gasteiger charge is 2.47. The second kappa shape index (κ2) is 8.52. The van der Waals surface area contributed by atoms with Crippen LogP contribution >= 0.6 is 11.6 Å². The van der Waals surface area contributed by atoms with Crippen LogP contribution in [0.4, 0.5) is 5.69 Å². The summed E-state index contributed by atoms with van der Waals surface area (Å²) >= 11 is 6.34. The molecule has 32 heavy (non-hydrogen) atoms. The van der Waals surface area contributed by atoms with E-state index in [9.17, 15) is 14.7 Å².